The Hall–Kier alpha value is -4.00. The monoisotopic (exact) mass is 556 g/mol. The van der Waals surface area contributed by atoms with Crippen molar-refractivity contribution in [3.8, 4) is 12.1 Å². The first-order valence-corrected chi connectivity index (χ1v) is 14.2. The summed E-state index contributed by atoms with van der Waals surface area (Å²) in [4.78, 5) is 27.6. The van der Waals surface area contributed by atoms with Crippen LogP contribution in [-0.4, -0.2) is 79.1 Å². The summed E-state index contributed by atoms with van der Waals surface area (Å²) in [6.07, 6.45) is 4.77. The van der Waals surface area contributed by atoms with Crippen LogP contribution < -0.4 is 9.64 Å². The standard InChI is InChI=1S/C25H26N4O3.C5H11N.C2H3N/c1-3-23(30)28-11-13-29(14-12-28)24-20-16-32-22(15-21(20)26-25(27-24)31-2)19-10-6-8-17-7-4-5-9-18(17)19;1-6-4-2-3-5-6;1-2-3/h3-10,22H,1,11-16H2,2H3;2-5H2,1H3;1H3/t22-;;/m1../s1. The molecule has 2 saturated heterocycles. The molecule has 1 aromatic heterocycles. The number of nitriles is 1. The van der Waals surface area contributed by atoms with Gasteiger partial charge in [-0.05, 0) is 55.4 Å². The topological polar surface area (TPSA) is 94.8 Å². The van der Waals surface area contributed by atoms with E-state index in [9.17, 15) is 4.79 Å². The molecule has 1 amide bonds. The summed E-state index contributed by atoms with van der Waals surface area (Å²) in [5.41, 5.74) is 3.14. The zero-order chi connectivity index (χ0) is 29.2. The first-order valence-electron chi connectivity index (χ1n) is 14.2. The minimum Gasteiger partial charge on any atom is -0.467 e. The summed E-state index contributed by atoms with van der Waals surface area (Å²) in [6, 6.07) is 16.8. The number of carbonyl (C=O) groups excluding carboxylic acids is 1. The zero-order valence-electron chi connectivity index (χ0n) is 24.4. The van der Waals surface area contributed by atoms with E-state index in [-0.39, 0.29) is 12.0 Å². The van der Waals surface area contributed by atoms with E-state index >= 15 is 0 Å². The molecule has 1 atom stereocenters. The number of aromatic nitrogens is 2. The Labute approximate surface area is 243 Å². The number of methoxy groups -OCH3 is 1. The Bertz CT molecular complexity index is 1370. The molecule has 9 heteroatoms. The van der Waals surface area contributed by atoms with Gasteiger partial charge < -0.3 is 24.2 Å². The lowest BCUT2D eigenvalue weighted by Gasteiger charge is -2.37. The second-order valence-electron chi connectivity index (χ2n) is 10.3. The fourth-order valence-electron chi connectivity index (χ4n) is 5.46. The second-order valence-corrected chi connectivity index (χ2v) is 10.3. The van der Waals surface area contributed by atoms with Crippen molar-refractivity contribution in [2.75, 3.05) is 58.3 Å². The Morgan fingerprint density at radius 2 is 1.76 bits per heavy atom. The number of nitrogens with zero attached hydrogens (tertiary/aromatic N) is 6. The third kappa shape index (κ3) is 7.40. The van der Waals surface area contributed by atoms with Crippen LogP contribution in [-0.2, 0) is 22.6 Å². The number of piperazine rings is 1. The molecule has 3 aliphatic heterocycles. The molecule has 2 fully saturated rings. The molecule has 0 saturated carbocycles. The van der Waals surface area contributed by atoms with Gasteiger partial charge in [0.05, 0.1) is 31.6 Å². The third-order valence-electron chi connectivity index (χ3n) is 7.61. The molecule has 4 heterocycles. The predicted molar refractivity (Wildman–Crippen MR) is 161 cm³/mol. The molecule has 0 N–H and O–H groups in total. The Balaban J connectivity index is 0.000000372. The van der Waals surface area contributed by atoms with Crippen LogP contribution in [0.4, 0.5) is 5.82 Å². The number of carbonyl (C=O) groups is 1. The molecule has 0 radical (unpaired) electrons. The number of hydrogen-bond donors (Lipinski definition) is 0. The first kappa shape index (κ1) is 30.0. The number of likely N-dealkylation sites (tertiary alicyclic amines) is 1. The van der Waals surface area contributed by atoms with Gasteiger partial charge >= 0.3 is 6.01 Å². The van der Waals surface area contributed by atoms with Gasteiger partial charge in [0, 0.05) is 45.1 Å². The van der Waals surface area contributed by atoms with E-state index in [2.05, 4.69) is 75.9 Å². The van der Waals surface area contributed by atoms with Gasteiger partial charge in [-0.3, -0.25) is 4.79 Å². The van der Waals surface area contributed by atoms with E-state index in [0.717, 1.165) is 17.1 Å². The van der Waals surface area contributed by atoms with E-state index in [1.165, 1.54) is 55.3 Å². The number of amides is 1. The fraction of sp³-hybridized carbons (Fsp3) is 0.438. The van der Waals surface area contributed by atoms with Gasteiger partial charge in [0.15, 0.2) is 0 Å². The summed E-state index contributed by atoms with van der Waals surface area (Å²) < 4.78 is 11.8. The van der Waals surface area contributed by atoms with E-state index < -0.39 is 0 Å². The van der Waals surface area contributed by atoms with Gasteiger partial charge in [0.2, 0.25) is 5.91 Å². The van der Waals surface area contributed by atoms with Crippen LogP contribution in [0.15, 0.2) is 55.1 Å². The quantitative estimate of drug-likeness (QED) is 0.433. The lowest BCUT2D eigenvalue weighted by Crippen LogP contribution is -2.49. The summed E-state index contributed by atoms with van der Waals surface area (Å²) in [7, 11) is 3.76. The number of rotatable bonds is 4. The minimum absolute atomic E-state index is 0.0341. The van der Waals surface area contributed by atoms with Crippen LogP contribution in [0.3, 0.4) is 0 Å². The van der Waals surface area contributed by atoms with Crippen LogP contribution in [0.1, 0.15) is 42.7 Å². The van der Waals surface area contributed by atoms with E-state index in [1.54, 1.807) is 18.1 Å². The van der Waals surface area contributed by atoms with Gasteiger partial charge in [0.25, 0.3) is 0 Å². The number of ether oxygens (including phenoxy) is 2. The van der Waals surface area contributed by atoms with Crippen LogP contribution in [0.5, 0.6) is 6.01 Å². The highest BCUT2D eigenvalue weighted by Gasteiger charge is 2.30. The van der Waals surface area contributed by atoms with Gasteiger partial charge in [-0.2, -0.15) is 15.2 Å². The molecule has 41 heavy (non-hydrogen) atoms. The highest BCUT2D eigenvalue weighted by Crippen LogP contribution is 2.37. The molecular weight excluding hydrogens is 516 g/mol. The van der Waals surface area contributed by atoms with E-state index in [0.29, 0.717) is 45.2 Å². The SMILES string of the molecule is C=CC(=O)N1CCN(c2nc(OC)nc3c2CO[C@@H](c2cccc4ccccc24)C3)CC1.CC#N.CN1CCCC1. The average Bonchev–Trinajstić information content (AvgIpc) is 3.51. The van der Waals surface area contributed by atoms with Gasteiger partial charge in [0.1, 0.15) is 5.82 Å². The molecule has 0 unspecified atom stereocenters. The van der Waals surface area contributed by atoms with Gasteiger partial charge in [-0.15, -0.1) is 0 Å². The molecule has 0 spiro atoms. The van der Waals surface area contributed by atoms with Crippen LogP contribution in [0.25, 0.3) is 10.8 Å². The lowest BCUT2D eigenvalue weighted by molar-refractivity contribution is -0.126. The maximum absolute atomic E-state index is 11.9. The second kappa shape index (κ2) is 14.6. The first-order chi connectivity index (χ1) is 20.0. The molecule has 0 aliphatic carbocycles. The summed E-state index contributed by atoms with van der Waals surface area (Å²) >= 11 is 0. The van der Waals surface area contributed by atoms with E-state index in [4.69, 9.17) is 14.7 Å². The van der Waals surface area contributed by atoms with Crippen molar-refractivity contribution in [1.29, 1.82) is 5.26 Å². The van der Waals surface area contributed by atoms with Crippen molar-refractivity contribution < 1.29 is 14.3 Å². The summed E-state index contributed by atoms with van der Waals surface area (Å²) in [6.45, 7) is 10.7. The van der Waals surface area contributed by atoms with Crippen molar-refractivity contribution >= 4 is 22.5 Å². The summed E-state index contributed by atoms with van der Waals surface area (Å²) in [5.74, 6) is 0.808. The normalized spacial score (nSPS) is 18.2. The smallest absolute Gasteiger partial charge is 0.318 e. The van der Waals surface area contributed by atoms with Crippen molar-refractivity contribution in [3.63, 3.8) is 0 Å². The minimum atomic E-state index is -0.0804. The van der Waals surface area contributed by atoms with Crippen LogP contribution in [0.2, 0.25) is 0 Å². The van der Waals surface area contributed by atoms with Crippen molar-refractivity contribution in [2.24, 2.45) is 0 Å². The highest BCUT2D eigenvalue weighted by molar-refractivity contribution is 5.87. The van der Waals surface area contributed by atoms with Gasteiger partial charge in [-0.25, -0.2) is 0 Å². The zero-order valence-corrected chi connectivity index (χ0v) is 24.4. The van der Waals surface area contributed by atoms with Crippen molar-refractivity contribution in [1.82, 2.24) is 19.8 Å². The van der Waals surface area contributed by atoms with Gasteiger partial charge in [-0.1, -0.05) is 49.0 Å². The summed E-state index contributed by atoms with van der Waals surface area (Å²) in [5, 5.41) is 9.72. The largest absolute Gasteiger partial charge is 0.467 e. The molecule has 9 nitrogen and oxygen atoms in total. The fourth-order valence-corrected chi connectivity index (χ4v) is 5.46. The van der Waals surface area contributed by atoms with E-state index in [1.807, 2.05) is 0 Å². The number of anilines is 1. The predicted octanol–water partition coefficient (Wildman–Crippen LogP) is 4.53. The number of fused-ring (bicyclic) bond motifs is 2. The number of hydrogen-bond acceptors (Lipinski definition) is 8. The molecule has 3 aliphatic rings. The molecular formula is C32H40N6O3. The molecule has 0 bridgehead atoms. The van der Waals surface area contributed by atoms with Crippen LogP contribution in [0, 0.1) is 11.3 Å². The van der Waals surface area contributed by atoms with Crippen LogP contribution >= 0.6 is 0 Å². The molecule has 2 aromatic carbocycles. The lowest BCUT2D eigenvalue weighted by atomic mass is 9.94. The van der Waals surface area contributed by atoms with Crippen molar-refractivity contribution in [3.05, 3.63) is 71.9 Å². The van der Waals surface area contributed by atoms with Crippen molar-refractivity contribution in [2.45, 2.75) is 38.9 Å². The average molecular weight is 557 g/mol. The Morgan fingerprint density at radius 3 is 2.39 bits per heavy atom. The Morgan fingerprint density at radius 1 is 1.07 bits per heavy atom. The third-order valence-corrected chi connectivity index (χ3v) is 7.61. The molecule has 216 valence electrons. The maximum atomic E-state index is 11.9. The molecule has 6 rings (SSSR count). The molecule has 3 aromatic rings. The number of benzene rings is 2. The highest BCUT2D eigenvalue weighted by atomic mass is 16.5. The maximum Gasteiger partial charge on any atom is 0.318 e. The Kier molecular flexibility index (Phi) is 10.7.